The average Bonchev–Trinajstić information content (AvgIpc) is 3.15. The fourth-order valence-electron chi connectivity index (χ4n) is 4.29. The van der Waals surface area contributed by atoms with E-state index in [0.29, 0.717) is 0 Å². The van der Waals surface area contributed by atoms with Crippen molar-refractivity contribution in [3.05, 3.63) is 71.9 Å². The van der Waals surface area contributed by atoms with Crippen LogP contribution in [0.5, 0.6) is 0 Å². The third-order valence-corrected chi connectivity index (χ3v) is 5.78. The molecule has 2 aromatic heterocycles. The zero-order valence-electron chi connectivity index (χ0n) is 17.7. The maximum Gasteiger partial charge on any atom is 0.150 e. The standard InChI is InChI=1S/C25H25FN4O/c1-16-4-3-5-21(12-16)30-14-22(18-10-17(2)11-19(26)13-18)23-24(27-15-28-25(23)30)29-20-6-8-31-9-7-20/h3-5,10-15,20H,6-9H2,1-2H3,(H,27,28,29). The lowest BCUT2D eigenvalue weighted by atomic mass is 10.0. The number of rotatable bonds is 4. The maximum absolute atomic E-state index is 14.3. The summed E-state index contributed by atoms with van der Waals surface area (Å²) in [6.07, 6.45) is 5.49. The molecule has 4 aromatic rings. The topological polar surface area (TPSA) is 52.0 Å². The third-order valence-electron chi connectivity index (χ3n) is 5.78. The second kappa shape index (κ2) is 8.12. The van der Waals surface area contributed by atoms with E-state index < -0.39 is 0 Å². The SMILES string of the molecule is Cc1cc(F)cc(-c2cn(-c3cccc(C)c3)c3ncnc(NC4CCOCC4)c23)c1. The second-order valence-electron chi connectivity index (χ2n) is 8.22. The Bertz CT molecular complexity index is 1220. The minimum absolute atomic E-state index is 0.248. The molecule has 1 fully saturated rings. The molecular weight excluding hydrogens is 391 g/mol. The highest BCUT2D eigenvalue weighted by Gasteiger charge is 2.21. The Morgan fingerprint density at radius 3 is 2.65 bits per heavy atom. The predicted molar refractivity (Wildman–Crippen MR) is 121 cm³/mol. The van der Waals surface area contributed by atoms with E-state index in [0.717, 1.165) is 70.8 Å². The van der Waals surface area contributed by atoms with Crippen LogP contribution in [0.4, 0.5) is 10.2 Å². The minimum Gasteiger partial charge on any atom is -0.381 e. The molecule has 0 bridgehead atoms. The molecule has 0 saturated carbocycles. The highest BCUT2D eigenvalue weighted by molar-refractivity contribution is 6.02. The van der Waals surface area contributed by atoms with Crippen molar-refractivity contribution in [2.24, 2.45) is 0 Å². The van der Waals surface area contributed by atoms with Gasteiger partial charge in [-0.3, -0.25) is 0 Å². The van der Waals surface area contributed by atoms with Crippen LogP contribution >= 0.6 is 0 Å². The Balaban J connectivity index is 1.73. The highest BCUT2D eigenvalue weighted by Crippen LogP contribution is 2.36. The number of anilines is 1. The summed E-state index contributed by atoms with van der Waals surface area (Å²) in [5, 5.41) is 4.50. The van der Waals surface area contributed by atoms with E-state index in [-0.39, 0.29) is 11.9 Å². The van der Waals surface area contributed by atoms with Crippen molar-refractivity contribution in [3.63, 3.8) is 0 Å². The van der Waals surface area contributed by atoms with Crippen LogP contribution in [0.1, 0.15) is 24.0 Å². The van der Waals surface area contributed by atoms with Gasteiger partial charge in [0.1, 0.15) is 18.0 Å². The van der Waals surface area contributed by atoms with E-state index in [1.165, 1.54) is 0 Å². The Morgan fingerprint density at radius 2 is 1.87 bits per heavy atom. The molecule has 0 amide bonds. The lowest BCUT2D eigenvalue weighted by molar-refractivity contribution is 0.0904. The number of aryl methyl sites for hydroxylation is 2. The summed E-state index contributed by atoms with van der Waals surface area (Å²) in [4.78, 5) is 9.21. The molecular formula is C25H25FN4O. The van der Waals surface area contributed by atoms with Crippen LogP contribution < -0.4 is 5.32 Å². The van der Waals surface area contributed by atoms with Crippen LogP contribution in [0.2, 0.25) is 0 Å². The summed E-state index contributed by atoms with van der Waals surface area (Å²) in [5.74, 6) is 0.530. The minimum atomic E-state index is -0.248. The fourth-order valence-corrected chi connectivity index (χ4v) is 4.29. The Morgan fingerprint density at radius 1 is 1.03 bits per heavy atom. The van der Waals surface area contributed by atoms with Gasteiger partial charge in [-0.1, -0.05) is 18.2 Å². The average molecular weight is 417 g/mol. The lowest BCUT2D eigenvalue weighted by Gasteiger charge is -2.24. The van der Waals surface area contributed by atoms with Crippen LogP contribution in [0, 0.1) is 19.7 Å². The van der Waals surface area contributed by atoms with Gasteiger partial charge in [-0.05, 0) is 67.6 Å². The summed E-state index contributed by atoms with van der Waals surface area (Å²) in [6, 6.07) is 13.7. The third kappa shape index (κ3) is 3.91. The summed E-state index contributed by atoms with van der Waals surface area (Å²) in [6.45, 7) is 5.46. The van der Waals surface area contributed by atoms with E-state index >= 15 is 0 Å². The number of hydrogen-bond donors (Lipinski definition) is 1. The molecule has 158 valence electrons. The van der Waals surface area contributed by atoms with Crippen LogP contribution in [0.25, 0.3) is 27.8 Å². The molecule has 5 nitrogen and oxygen atoms in total. The molecule has 5 rings (SSSR count). The van der Waals surface area contributed by atoms with Crippen molar-refractivity contribution < 1.29 is 9.13 Å². The quantitative estimate of drug-likeness (QED) is 0.482. The maximum atomic E-state index is 14.3. The zero-order chi connectivity index (χ0) is 21.4. The number of benzene rings is 2. The first-order valence-electron chi connectivity index (χ1n) is 10.6. The van der Waals surface area contributed by atoms with Gasteiger partial charge in [0.05, 0.1) is 5.39 Å². The molecule has 6 heteroatoms. The van der Waals surface area contributed by atoms with Gasteiger partial charge < -0.3 is 14.6 Å². The highest BCUT2D eigenvalue weighted by atomic mass is 19.1. The van der Waals surface area contributed by atoms with E-state index in [9.17, 15) is 4.39 Å². The van der Waals surface area contributed by atoms with E-state index in [1.54, 1.807) is 18.5 Å². The number of nitrogens with one attached hydrogen (secondary N) is 1. The first kappa shape index (κ1) is 19.7. The lowest BCUT2D eigenvalue weighted by Crippen LogP contribution is -2.28. The van der Waals surface area contributed by atoms with Gasteiger partial charge in [0.2, 0.25) is 0 Å². The first-order valence-corrected chi connectivity index (χ1v) is 10.6. The van der Waals surface area contributed by atoms with E-state index in [1.807, 2.05) is 25.3 Å². The number of fused-ring (bicyclic) bond motifs is 1. The molecule has 0 aliphatic carbocycles. The van der Waals surface area contributed by atoms with Gasteiger partial charge >= 0.3 is 0 Å². The van der Waals surface area contributed by atoms with Gasteiger partial charge in [-0.15, -0.1) is 0 Å². The van der Waals surface area contributed by atoms with E-state index in [4.69, 9.17) is 4.74 Å². The Labute approximate surface area is 180 Å². The Hall–Kier alpha value is -3.25. The van der Waals surface area contributed by atoms with E-state index in [2.05, 4.69) is 45.0 Å². The molecule has 0 atom stereocenters. The van der Waals surface area contributed by atoms with Crippen molar-refractivity contribution in [2.75, 3.05) is 18.5 Å². The van der Waals surface area contributed by atoms with Gasteiger partial charge in [0, 0.05) is 36.7 Å². The smallest absolute Gasteiger partial charge is 0.150 e. The van der Waals surface area contributed by atoms with Crippen molar-refractivity contribution >= 4 is 16.9 Å². The molecule has 1 saturated heterocycles. The van der Waals surface area contributed by atoms with Crippen molar-refractivity contribution in [3.8, 4) is 16.8 Å². The first-order chi connectivity index (χ1) is 15.1. The molecule has 2 aromatic carbocycles. The molecule has 0 spiro atoms. The summed E-state index contributed by atoms with van der Waals surface area (Å²) < 4.78 is 21.9. The van der Waals surface area contributed by atoms with Crippen LogP contribution in [-0.2, 0) is 4.74 Å². The predicted octanol–water partition coefficient (Wildman–Crippen LogP) is 5.43. The molecule has 0 radical (unpaired) electrons. The van der Waals surface area contributed by atoms with Gasteiger partial charge in [0.25, 0.3) is 0 Å². The molecule has 3 heterocycles. The summed E-state index contributed by atoms with van der Waals surface area (Å²) >= 11 is 0. The molecule has 1 aliphatic rings. The zero-order valence-corrected chi connectivity index (χ0v) is 17.7. The van der Waals surface area contributed by atoms with Crippen molar-refractivity contribution in [1.29, 1.82) is 0 Å². The fraction of sp³-hybridized carbons (Fsp3) is 0.280. The number of aromatic nitrogens is 3. The van der Waals surface area contributed by atoms with Crippen LogP contribution in [-0.4, -0.2) is 33.8 Å². The molecule has 1 N–H and O–H groups in total. The second-order valence-corrected chi connectivity index (χ2v) is 8.22. The number of hydrogen-bond acceptors (Lipinski definition) is 4. The number of ether oxygens (including phenoxy) is 1. The molecule has 31 heavy (non-hydrogen) atoms. The molecule has 0 unspecified atom stereocenters. The largest absolute Gasteiger partial charge is 0.381 e. The van der Waals surface area contributed by atoms with Crippen molar-refractivity contribution in [2.45, 2.75) is 32.7 Å². The normalized spacial score (nSPS) is 14.8. The number of nitrogens with zero attached hydrogens (tertiary/aromatic N) is 3. The monoisotopic (exact) mass is 416 g/mol. The van der Waals surface area contributed by atoms with Gasteiger partial charge in [0.15, 0.2) is 5.65 Å². The van der Waals surface area contributed by atoms with Gasteiger partial charge in [-0.25, -0.2) is 14.4 Å². The van der Waals surface area contributed by atoms with Crippen LogP contribution in [0.3, 0.4) is 0 Å². The number of halogens is 1. The summed E-state index contributed by atoms with van der Waals surface area (Å²) in [7, 11) is 0. The molecule has 1 aliphatic heterocycles. The Kier molecular flexibility index (Phi) is 5.16. The van der Waals surface area contributed by atoms with Gasteiger partial charge in [-0.2, -0.15) is 0 Å². The van der Waals surface area contributed by atoms with Crippen molar-refractivity contribution in [1.82, 2.24) is 14.5 Å². The van der Waals surface area contributed by atoms with Crippen LogP contribution in [0.15, 0.2) is 55.0 Å². The summed E-state index contributed by atoms with van der Waals surface area (Å²) in [5.41, 5.74) is 5.58.